The third-order valence-corrected chi connectivity index (χ3v) is 7.47. The van der Waals surface area contributed by atoms with Crippen molar-refractivity contribution in [3.63, 3.8) is 0 Å². The number of pyridine rings is 3. The number of rotatable bonds is 8. The van der Waals surface area contributed by atoms with E-state index in [1.807, 2.05) is 42.7 Å². The van der Waals surface area contributed by atoms with Crippen molar-refractivity contribution in [2.24, 2.45) is 0 Å². The van der Waals surface area contributed by atoms with E-state index in [0.717, 1.165) is 47.7 Å². The van der Waals surface area contributed by atoms with Crippen molar-refractivity contribution in [1.82, 2.24) is 24.5 Å². The summed E-state index contributed by atoms with van der Waals surface area (Å²) in [6.07, 6.45) is 8.04. The van der Waals surface area contributed by atoms with E-state index in [9.17, 15) is 10.4 Å². The summed E-state index contributed by atoms with van der Waals surface area (Å²) < 4.78 is 12.7. The van der Waals surface area contributed by atoms with Gasteiger partial charge in [-0.3, -0.25) is 0 Å². The maximum absolute atomic E-state index is 10.1. The van der Waals surface area contributed by atoms with Crippen molar-refractivity contribution in [2.45, 2.75) is 38.0 Å². The maximum Gasteiger partial charge on any atom is 0.212 e. The fraction of sp³-hybridized carbons (Fsp3) is 0.333. The van der Waals surface area contributed by atoms with Gasteiger partial charge in [0.2, 0.25) is 5.88 Å². The van der Waals surface area contributed by atoms with Gasteiger partial charge in [-0.2, -0.15) is 10.4 Å². The molecule has 7 rings (SSSR count). The van der Waals surface area contributed by atoms with Crippen LogP contribution in [0.5, 0.6) is 11.6 Å². The SMILES string of the molecule is C=C(c1ccc(OC)nc1)N1C2CC1CN(c1ccc(-c3cc(OCC(C)(C)O)cn4ncc(C#N)c34)cn1)C2. The van der Waals surface area contributed by atoms with Crippen molar-refractivity contribution in [2.75, 3.05) is 31.7 Å². The van der Waals surface area contributed by atoms with Crippen LogP contribution in [0.4, 0.5) is 5.82 Å². The molecule has 0 aliphatic carbocycles. The Kier molecular flexibility index (Phi) is 6.31. The van der Waals surface area contributed by atoms with Crippen molar-refractivity contribution in [1.29, 1.82) is 5.26 Å². The van der Waals surface area contributed by atoms with Crippen molar-refractivity contribution < 1.29 is 14.6 Å². The van der Waals surface area contributed by atoms with E-state index in [0.29, 0.717) is 34.8 Å². The van der Waals surface area contributed by atoms with Gasteiger partial charge < -0.3 is 24.4 Å². The number of nitriles is 1. The van der Waals surface area contributed by atoms with E-state index in [-0.39, 0.29) is 6.61 Å². The molecule has 0 saturated carbocycles. The van der Waals surface area contributed by atoms with Crippen molar-refractivity contribution in [3.05, 3.63) is 72.8 Å². The standard InChI is InChI=1S/C30H31N7O3/c1-19(20-6-8-28(39-4)33-12-20)37-23-9-24(37)16-35(15-23)27-7-5-21(13-32-27)26-10-25(40-18-30(2,3)38)17-36-29(26)22(11-31)14-34-36/h5-8,10,12-14,17,23-24,38H,1,9,15-16,18H2,2-4H3. The molecule has 2 unspecified atom stereocenters. The molecule has 0 spiro atoms. The summed E-state index contributed by atoms with van der Waals surface area (Å²) in [5.41, 5.74) is 3.81. The molecule has 10 heteroatoms. The van der Waals surface area contributed by atoms with E-state index in [1.54, 1.807) is 37.9 Å². The molecule has 0 amide bonds. The topological polar surface area (TPSA) is 112 Å². The Hall–Kier alpha value is -4.62. The molecule has 3 aliphatic heterocycles. The maximum atomic E-state index is 10.1. The highest BCUT2D eigenvalue weighted by Gasteiger charge is 2.45. The quantitative estimate of drug-likeness (QED) is 0.359. The first-order chi connectivity index (χ1) is 19.2. The molecule has 2 bridgehead atoms. The van der Waals surface area contributed by atoms with Gasteiger partial charge in [0.25, 0.3) is 0 Å². The fourth-order valence-corrected chi connectivity index (χ4v) is 5.53. The first-order valence-electron chi connectivity index (χ1n) is 13.2. The Balaban J connectivity index is 1.21. The summed E-state index contributed by atoms with van der Waals surface area (Å²) in [4.78, 5) is 13.9. The van der Waals surface area contributed by atoms with Crippen LogP contribution >= 0.6 is 0 Å². The molecule has 0 radical (unpaired) electrons. The van der Waals surface area contributed by atoms with Gasteiger partial charge in [-0.25, -0.2) is 14.5 Å². The second kappa shape index (κ2) is 9.84. The third-order valence-electron chi connectivity index (χ3n) is 7.47. The van der Waals surface area contributed by atoms with Gasteiger partial charge >= 0.3 is 0 Å². The number of fused-ring (bicyclic) bond motifs is 3. The highest BCUT2D eigenvalue weighted by atomic mass is 16.5. The number of ether oxygens (including phenoxy) is 2. The summed E-state index contributed by atoms with van der Waals surface area (Å²) in [5.74, 6) is 2.05. The van der Waals surface area contributed by atoms with Crippen LogP contribution in [-0.2, 0) is 0 Å². The summed E-state index contributed by atoms with van der Waals surface area (Å²) in [5, 5.41) is 24.1. The van der Waals surface area contributed by atoms with E-state index in [2.05, 4.69) is 32.5 Å². The molecular formula is C30H31N7O3. The summed E-state index contributed by atoms with van der Waals surface area (Å²) in [6, 6.07) is 12.7. The monoisotopic (exact) mass is 537 g/mol. The van der Waals surface area contributed by atoms with Gasteiger partial charge in [0.15, 0.2) is 0 Å². The molecule has 3 saturated heterocycles. The van der Waals surface area contributed by atoms with E-state index in [1.165, 1.54) is 0 Å². The molecule has 204 valence electrons. The Morgan fingerprint density at radius 2 is 1.95 bits per heavy atom. The zero-order valence-electron chi connectivity index (χ0n) is 22.8. The van der Waals surface area contributed by atoms with E-state index < -0.39 is 5.60 Å². The first-order valence-corrected chi connectivity index (χ1v) is 13.2. The number of methoxy groups -OCH3 is 1. The number of nitrogens with zero attached hydrogens (tertiary/aromatic N) is 7. The molecule has 4 aromatic heterocycles. The Labute approximate surface area is 232 Å². The molecule has 4 aromatic rings. The summed E-state index contributed by atoms with van der Waals surface area (Å²) >= 11 is 0. The minimum absolute atomic E-state index is 0.122. The predicted molar refractivity (Wildman–Crippen MR) is 151 cm³/mol. The first kappa shape index (κ1) is 25.6. The molecule has 3 aliphatic rings. The smallest absolute Gasteiger partial charge is 0.212 e. The van der Waals surface area contributed by atoms with Crippen LogP contribution in [0, 0.1) is 11.3 Å². The second-order valence-corrected chi connectivity index (χ2v) is 11.0. The van der Waals surface area contributed by atoms with Crippen LogP contribution in [-0.4, -0.2) is 74.1 Å². The van der Waals surface area contributed by atoms with Gasteiger partial charge in [0.1, 0.15) is 24.2 Å². The largest absolute Gasteiger partial charge is 0.489 e. The minimum Gasteiger partial charge on any atom is -0.489 e. The van der Waals surface area contributed by atoms with Crippen LogP contribution in [0.3, 0.4) is 0 Å². The normalized spacial score (nSPS) is 18.3. The zero-order valence-corrected chi connectivity index (χ0v) is 22.8. The molecule has 40 heavy (non-hydrogen) atoms. The predicted octanol–water partition coefficient (Wildman–Crippen LogP) is 3.76. The van der Waals surface area contributed by atoms with Crippen LogP contribution in [0.25, 0.3) is 22.3 Å². The van der Waals surface area contributed by atoms with Gasteiger partial charge in [-0.1, -0.05) is 6.58 Å². The van der Waals surface area contributed by atoms with Crippen LogP contribution in [0.2, 0.25) is 0 Å². The van der Waals surface area contributed by atoms with Gasteiger partial charge in [0.05, 0.1) is 36.2 Å². The summed E-state index contributed by atoms with van der Waals surface area (Å²) in [6.45, 7) is 9.57. The van der Waals surface area contributed by atoms with Crippen molar-refractivity contribution in [3.8, 4) is 28.8 Å². The average molecular weight is 538 g/mol. The highest BCUT2D eigenvalue weighted by Crippen LogP contribution is 2.40. The number of piperazine rings is 1. The number of aliphatic hydroxyl groups is 1. The Bertz CT molecular complexity index is 1590. The lowest BCUT2D eigenvalue weighted by molar-refractivity contribution is 0.0283. The zero-order chi connectivity index (χ0) is 28.0. The Morgan fingerprint density at radius 1 is 1.15 bits per heavy atom. The molecule has 10 nitrogen and oxygen atoms in total. The Morgan fingerprint density at radius 3 is 2.58 bits per heavy atom. The lowest BCUT2D eigenvalue weighted by Crippen LogP contribution is -2.67. The molecule has 7 heterocycles. The lowest BCUT2D eigenvalue weighted by atomic mass is 9.86. The minimum atomic E-state index is -0.983. The number of anilines is 1. The molecule has 0 aromatic carbocycles. The lowest BCUT2D eigenvalue weighted by Gasteiger charge is -2.58. The second-order valence-electron chi connectivity index (χ2n) is 11.0. The van der Waals surface area contributed by atoms with Crippen LogP contribution < -0.4 is 14.4 Å². The van der Waals surface area contributed by atoms with Gasteiger partial charge in [-0.05, 0) is 44.5 Å². The van der Waals surface area contributed by atoms with E-state index in [4.69, 9.17) is 14.5 Å². The number of piperidine rings is 1. The molecule has 2 atom stereocenters. The van der Waals surface area contributed by atoms with Gasteiger partial charge in [-0.15, -0.1) is 0 Å². The molecule has 1 N–H and O–H groups in total. The van der Waals surface area contributed by atoms with E-state index >= 15 is 0 Å². The molecule has 3 fully saturated rings. The van der Waals surface area contributed by atoms with Gasteiger partial charge in [0, 0.05) is 66.0 Å². The summed E-state index contributed by atoms with van der Waals surface area (Å²) in [7, 11) is 1.61. The number of hydrogen-bond donors (Lipinski definition) is 1. The average Bonchev–Trinajstić information content (AvgIpc) is 3.38. The number of aromatic nitrogens is 4. The molecular weight excluding hydrogens is 506 g/mol. The van der Waals surface area contributed by atoms with Crippen LogP contribution in [0.1, 0.15) is 31.4 Å². The number of hydrogen-bond acceptors (Lipinski definition) is 9. The fourth-order valence-electron chi connectivity index (χ4n) is 5.53. The highest BCUT2D eigenvalue weighted by molar-refractivity contribution is 5.85. The third kappa shape index (κ3) is 4.69. The van der Waals surface area contributed by atoms with Crippen LogP contribution in [0.15, 0.2) is 61.7 Å². The van der Waals surface area contributed by atoms with Crippen molar-refractivity contribution >= 4 is 17.0 Å².